The van der Waals surface area contributed by atoms with Crippen LogP contribution in [0, 0.1) is 15.5 Å². The topological polar surface area (TPSA) is 64.4 Å². The van der Waals surface area contributed by atoms with Gasteiger partial charge in [0.25, 0.3) is 5.69 Å². The average Bonchev–Trinajstić information content (AvgIpc) is 2.36. The highest BCUT2D eigenvalue weighted by molar-refractivity contribution is 5.39. The average molecular weight is 266 g/mol. The molecule has 0 unspecified atom stereocenters. The van der Waals surface area contributed by atoms with E-state index in [9.17, 15) is 10.1 Å². The number of nitrogens with zero attached hydrogens (tertiary/aromatic N) is 1. The zero-order valence-corrected chi connectivity index (χ0v) is 11.8. The number of nitro groups is 1. The number of hydrogen-bond donors (Lipinski definition) is 1. The predicted molar refractivity (Wildman–Crippen MR) is 75.1 cm³/mol. The molecule has 1 aromatic carbocycles. The SMILES string of the molecule is COCCC(C)(C)CNCc1ccccc1[N+](=O)[O-]. The molecule has 5 heteroatoms. The highest BCUT2D eigenvalue weighted by atomic mass is 16.6. The molecular formula is C14H22N2O3. The fourth-order valence-electron chi connectivity index (χ4n) is 1.84. The number of nitro benzene ring substituents is 1. The van der Waals surface area contributed by atoms with Crippen LogP contribution in [0.25, 0.3) is 0 Å². The third-order valence-electron chi connectivity index (χ3n) is 3.09. The van der Waals surface area contributed by atoms with Crippen molar-refractivity contribution in [2.24, 2.45) is 5.41 Å². The van der Waals surface area contributed by atoms with Crippen LogP contribution in [-0.4, -0.2) is 25.2 Å². The minimum absolute atomic E-state index is 0.111. The van der Waals surface area contributed by atoms with E-state index in [0.29, 0.717) is 6.54 Å². The van der Waals surface area contributed by atoms with Gasteiger partial charge in [-0.05, 0) is 11.8 Å². The van der Waals surface area contributed by atoms with Gasteiger partial charge in [-0.3, -0.25) is 10.1 Å². The lowest BCUT2D eigenvalue weighted by atomic mass is 9.89. The Labute approximate surface area is 114 Å². The Morgan fingerprint density at radius 3 is 2.68 bits per heavy atom. The van der Waals surface area contributed by atoms with Crippen molar-refractivity contribution in [1.82, 2.24) is 5.32 Å². The normalized spacial score (nSPS) is 11.5. The van der Waals surface area contributed by atoms with Crippen LogP contribution in [-0.2, 0) is 11.3 Å². The van der Waals surface area contributed by atoms with Gasteiger partial charge in [-0.25, -0.2) is 0 Å². The molecule has 0 bridgehead atoms. The standard InChI is InChI=1S/C14H22N2O3/c1-14(2,8-9-19-3)11-15-10-12-6-4-5-7-13(12)16(17)18/h4-7,15H,8-11H2,1-3H3. The first kappa shape index (κ1) is 15.6. The Hall–Kier alpha value is -1.46. The van der Waals surface area contributed by atoms with E-state index in [-0.39, 0.29) is 16.0 Å². The summed E-state index contributed by atoms with van der Waals surface area (Å²) in [4.78, 5) is 10.5. The number of hydrogen-bond acceptors (Lipinski definition) is 4. The summed E-state index contributed by atoms with van der Waals surface area (Å²) in [6.07, 6.45) is 0.952. The first-order valence-corrected chi connectivity index (χ1v) is 6.38. The second-order valence-electron chi connectivity index (χ2n) is 5.40. The summed E-state index contributed by atoms with van der Waals surface area (Å²) in [6, 6.07) is 6.82. The minimum atomic E-state index is -0.340. The molecule has 0 fully saturated rings. The van der Waals surface area contributed by atoms with E-state index in [4.69, 9.17) is 4.74 Å². The molecule has 0 spiro atoms. The van der Waals surface area contributed by atoms with Crippen LogP contribution < -0.4 is 5.32 Å². The summed E-state index contributed by atoms with van der Waals surface area (Å²) in [5, 5.41) is 14.2. The van der Waals surface area contributed by atoms with Crippen molar-refractivity contribution in [3.63, 3.8) is 0 Å². The second-order valence-corrected chi connectivity index (χ2v) is 5.40. The fraction of sp³-hybridized carbons (Fsp3) is 0.571. The van der Waals surface area contributed by atoms with Crippen molar-refractivity contribution in [1.29, 1.82) is 0 Å². The van der Waals surface area contributed by atoms with E-state index >= 15 is 0 Å². The molecule has 0 aliphatic rings. The van der Waals surface area contributed by atoms with E-state index in [1.807, 2.05) is 6.07 Å². The van der Waals surface area contributed by atoms with Gasteiger partial charge in [-0.1, -0.05) is 32.0 Å². The van der Waals surface area contributed by atoms with Crippen LogP contribution in [0.5, 0.6) is 0 Å². The zero-order valence-electron chi connectivity index (χ0n) is 11.8. The molecule has 0 heterocycles. The number of ether oxygens (including phenoxy) is 1. The van der Waals surface area contributed by atoms with Crippen LogP contribution in [0.4, 0.5) is 5.69 Å². The molecule has 0 aliphatic carbocycles. The summed E-state index contributed by atoms with van der Waals surface area (Å²) < 4.78 is 5.08. The summed E-state index contributed by atoms with van der Waals surface area (Å²) in [5.74, 6) is 0. The van der Waals surface area contributed by atoms with Gasteiger partial charge in [0, 0.05) is 38.4 Å². The van der Waals surface area contributed by atoms with Crippen molar-refractivity contribution in [3.8, 4) is 0 Å². The number of nitrogens with one attached hydrogen (secondary N) is 1. The van der Waals surface area contributed by atoms with Crippen LogP contribution in [0.1, 0.15) is 25.8 Å². The maximum atomic E-state index is 10.9. The molecule has 19 heavy (non-hydrogen) atoms. The molecule has 1 aromatic rings. The number of methoxy groups -OCH3 is 1. The fourth-order valence-corrected chi connectivity index (χ4v) is 1.84. The molecule has 1 N–H and O–H groups in total. The highest BCUT2D eigenvalue weighted by Crippen LogP contribution is 2.20. The Morgan fingerprint density at radius 2 is 2.05 bits per heavy atom. The molecule has 0 atom stereocenters. The molecule has 0 aromatic heterocycles. The quantitative estimate of drug-likeness (QED) is 0.580. The molecule has 0 radical (unpaired) electrons. The molecule has 0 saturated carbocycles. The highest BCUT2D eigenvalue weighted by Gasteiger charge is 2.18. The lowest BCUT2D eigenvalue weighted by Crippen LogP contribution is -2.30. The maximum absolute atomic E-state index is 10.9. The van der Waals surface area contributed by atoms with Crippen LogP contribution in [0.3, 0.4) is 0 Å². The van der Waals surface area contributed by atoms with Gasteiger partial charge in [0.15, 0.2) is 0 Å². The lowest BCUT2D eigenvalue weighted by Gasteiger charge is -2.24. The van der Waals surface area contributed by atoms with Crippen molar-refractivity contribution < 1.29 is 9.66 Å². The van der Waals surface area contributed by atoms with E-state index in [0.717, 1.165) is 25.1 Å². The van der Waals surface area contributed by atoms with Gasteiger partial charge in [-0.2, -0.15) is 0 Å². The molecule has 0 saturated heterocycles. The van der Waals surface area contributed by atoms with E-state index in [2.05, 4.69) is 19.2 Å². The van der Waals surface area contributed by atoms with Crippen molar-refractivity contribution in [3.05, 3.63) is 39.9 Å². The van der Waals surface area contributed by atoms with Gasteiger partial charge in [0.1, 0.15) is 0 Å². The van der Waals surface area contributed by atoms with Crippen LogP contribution in [0.2, 0.25) is 0 Å². The number of benzene rings is 1. The molecule has 0 aliphatic heterocycles. The molecule has 5 nitrogen and oxygen atoms in total. The summed E-state index contributed by atoms with van der Waals surface area (Å²) in [5.41, 5.74) is 0.999. The van der Waals surface area contributed by atoms with Crippen LogP contribution >= 0.6 is 0 Å². The van der Waals surface area contributed by atoms with Crippen LogP contribution in [0.15, 0.2) is 24.3 Å². The van der Waals surface area contributed by atoms with Crippen molar-refractivity contribution >= 4 is 5.69 Å². The minimum Gasteiger partial charge on any atom is -0.385 e. The summed E-state index contributed by atoms with van der Waals surface area (Å²) in [6.45, 7) is 6.33. The van der Waals surface area contributed by atoms with Gasteiger partial charge in [0.2, 0.25) is 0 Å². The van der Waals surface area contributed by atoms with Crippen molar-refractivity contribution in [2.75, 3.05) is 20.3 Å². The molecule has 0 amide bonds. The first-order valence-electron chi connectivity index (χ1n) is 6.38. The van der Waals surface area contributed by atoms with E-state index in [1.54, 1.807) is 19.2 Å². The third kappa shape index (κ3) is 5.36. The van der Waals surface area contributed by atoms with Gasteiger partial charge in [0.05, 0.1) is 4.92 Å². The number of rotatable bonds is 8. The predicted octanol–water partition coefficient (Wildman–Crippen LogP) is 2.75. The van der Waals surface area contributed by atoms with Gasteiger partial charge in [-0.15, -0.1) is 0 Å². The summed E-state index contributed by atoms with van der Waals surface area (Å²) >= 11 is 0. The van der Waals surface area contributed by atoms with Gasteiger partial charge < -0.3 is 10.1 Å². The maximum Gasteiger partial charge on any atom is 0.273 e. The Balaban J connectivity index is 2.51. The zero-order chi connectivity index (χ0) is 14.3. The largest absolute Gasteiger partial charge is 0.385 e. The monoisotopic (exact) mass is 266 g/mol. The Kier molecular flexibility index (Phi) is 5.92. The number of para-hydroxylation sites is 1. The van der Waals surface area contributed by atoms with E-state index in [1.165, 1.54) is 6.07 Å². The summed E-state index contributed by atoms with van der Waals surface area (Å²) in [7, 11) is 1.69. The Morgan fingerprint density at radius 1 is 1.37 bits per heavy atom. The Bertz CT molecular complexity index is 419. The first-order chi connectivity index (χ1) is 8.96. The molecule has 106 valence electrons. The second kappa shape index (κ2) is 7.21. The smallest absolute Gasteiger partial charge is 0.273 e. The molecular weight excluding hydrogens is 244 g/mol. The van der Waals surface area contributed by atoms with E-state index < -0.39 is 0 Å². The lowest BCUT2D eigenvalue weighted by molar-refractivity contribution is -0.385. The molecule has 1 rings (SSSR count). The third-order valence-corrected chi connectivity index (χ3v) is 3.09. The van der Waals surface area contributed by atoms with Gasteiger partial charge >= 0.3 is 0 Å². The van der Waals surface area contributed by atoms with Crippen molar-refractivity contribution in [2.45, 2.75) is 26.8 Å².